The summed E-state index contributed by atoms with van der Waals surface area (Å²) < 4.78 is 20.1. The van der Waals surface area contributed by atoms with Crippen LogP contribution in [0.4, 0.5) is 10.1 Å². The number of nitrogens with one attached hydrogen (secondary N) is 1. The van der Waals surface area contributed by atoms with E-state index in [9.17, 15) is 18.8 Å². The Morgan fingerprint density at radius 3 is 2.41 bits per heavy atom. The van der Waals surface area contributed by atoms with E-state index in [1.165, 1.54) is 53.1 Å². The predicted molar refractivity (Wildman–Crippen MR) is 142 cm³/mol. The van der Waals surface area contributed by atoms with Crippen LogP contribution in [0.1, 0.15) is 47.6 Å². The molecule has 1 aliphatic carbocycles. The normalized spacial score (nSPS) is 14.2. The van der Waals surface area contributed by atoms with E-state index in [2.05, 4.69) is 15.6 Å². The summed E-state index contributed by atoms with van der Waals surface area (Å²) in [6.45, 7) is -0.201. The molecule has 1 heterocycles. The number of benzene rings is 3. The van der Waals surface area contributed by atoms with Gasteiger partial charge in [0, 0.05) is 11.7 Å². The van der Waals surface area contributed by atoms with E-state index in [0.29, 0.717) is 27.8 Å². The summed E-state index contributed by atoms with van der Waals surface area (Å²) >= 11 is 0. The van der Waals surface area contributed by atoms with Gasteiger partial charge in [-0.1, -0.05) is 42.3 Å². The average Bonchev–Trinajstić information content (AvgIpc) is 3.62. The van der Waals surface area contributed by atoms with Crippen LogP contribution in [0.15, 0.2) is 72.8 Å². The highest BCUT2D eigenvalue weighted by Gasteiger charge is 2.35. The van der Waals surface area contributed by atoms with Crippen molar-refractivity contribution < 1.29 is 23.5 Å². The van der Waals surface area contributed by atoms with Crippen LogP contribution in [0.5, 0.6) is 0 Å². The third kappa shape index (κ3) is 5.64. The Bertz CT molecular complexity index is 1480. The zero-order chi connectivity index (χ0) is 27.4. The first-order valence-electron chi connectivity index (χ1n) is 12.8. The lowest BCUT2D eigenvalue weighted by atomic mass is 10.0. The number of ether oxygens (including phenoxy) is 1. The van der Waals surface area contributed by atoms with Gasteiger partial charge in [0.15, 0.2) is 0 Å². The number of amides is 2. The van der Waals surface area contributed by atoms with Gasteiger partial charge in [0.1, 0.15) is 23.9 Å². The zero-order valence-electron chi connectivity index (χ0n) is 21.4. The number of anilines is 1. The number of aromatic nitrogens is 3. The smallest absolute Gasteiger partial charge is 0.337 e. The molecule has 1 saturated carbocycles. The van der Waals surface area contributed by atoms with E-state index in [0.717, 1.165) is 25.7 Å². The van der Waals surface area contributed by atoms with Crippen LogP contribution in [-0.2, 0) is 20.9 Å². The minimum absolute atomic E-state index is 0.00152. The van der Waals surface area contributed by atoms with E-state index in [1.807, 2.05) is 18.2 Å². The van der Waals surface area contributed by atoms with Crippen molar-refractivity contribution in [2.45, 2.75) is 44.3 Å². The van der Waals surface area contributed by atoms with Crippen LogP contribution >= 0.6 is 0 Å². The van der Waals surface area contributed by atoms with Crippen LogP contribution < -0.4 is 10.2 Å². The fourth-order valence-corrected chi connectivity index (χ4v) is 4.96. The molecule has 1 atom stereocenters. The van der Waals surface area contributed by atoms with E-state index in [1.54, 1.807) is 18.2 Å². The Morgan fingerprint density at radius 1 is 1.03 bits per heavy atom. The molecule has 3 aromatic carbocycles. The highest BCUT2D eigenvalue weighted by Crippen LogP contribution is 2.30. The van der Waals surface area contributed by atoms with Gasteiger partial charge in [-0.2, -0.15) is 0 Å². The molecule has 0 aliphatic heterocycles. The van der Waals surface area contributed by atoms with Gasteiger partial charge in [-0.15, -0.1) is 5.10 Å². The van der Waals surface area contributed by atoms with Crippen molar-refractivity contribution in [3.05, 3.63) is 89.7 Å². The Kier molecular flexibility index (Phi) is 7.62. The van der Waals surface area contributed by atoms with Gasteiger partial charge in [-0.3, -0.25) is 14.5 Å². The first-order valence-corrected chi connectivity index (χ1v) is 12.8. The summed E-state index contributed by atoms with van der Waals surface area (Å²) in [5.74, 6) is -1.79. The molecule has 4 aromatic rings. The molecule has 5 rings (SSSR count). The molecular weight excluding hydrogens is 501 g/mol. The highest BCUT2D eigenvalue weighted by molar-refractivity contribution is 6.02. The Hall–Kier alpha value is -4.60. The van der Waals surface area contributed by atoms with E-state index in [-0.39, 0.29) is 18.5 Å². The number of hydrogen-bond donors (Lipinski definition) is 1. The summed E-state index contributed by atoms with van der Waals surface area (Å²) in [6.07, 6.45) is 3.75. The van der Waals surface area contributed by atoms with Gasteiger partial charge in [0.25, 0.3) is 0 Å². The van der Waals surface area contributed by atoms with Crippen LogP contribution in [-0.4, -0.2) is 45.9 Å². The maximum Gasteiger partial charge on any atom is 0.337 e. The minimum atomic E-state index is -1.10. The SMILES string of the molecule is COC(=O)c1ccc(N(C(=O)Cn2nnc3ccccc32)C(C(=O)NC2CCCC2)c2ccc(F)cc2)cc1. The molecule has 1 fully saturated rings. The number of hydrogen-bond acceptors (Lipinski definition) is 6. The fourth-order valence-electron chi connectivity index (χ4n) is 4.96. The number of carbonyl (C=O) groups is 3. The number of halogens is 1. The molecule has 0 bridgehead atoms. The van der Waals surface area contributed by atoms with Gasteiger partial charge in [0.05, 0.1) is 18.2 Å². The highest BCUT2D eigenvalue weighted by atomic mass is 19.1. The number of methoxy groups -OCH3 is 1. The number of para-hydroxylation sites is 1. The van der Waals surface area contributed by atoms with E-state index < -0.39 is 23.7 Å². The second kappa shape index (κ2) is 11.4. The molecule has 10 heteroatoms. The number of rotatable bonds is 8. The minimum Gasteiger partial charge on any atom is -0.465 e. The van der Waals surface area contributed by atoms with E-state index >= 15 is 0 Å². The van der Waals surface area contributed by atoms with Gasteiger partial charge < -0.3 is 10.1 Å². The van der Waals surface area contributed by atoms with Crippen LogP contribution in [0.2, 0.25) is 0 Å². The molecule has 0 radical (unpaired) electrons. The van der Waals surface area contributed by atoms with Crippen LogP contribution in [0, 0.1) is 5.82 Å². The van der Waals surface area contributed by atoms with Crippen molar-refractivity contribution in [2.75, 3.05) is 12.0 Å². The third-order valence-corrected chi connectivity index (χ3v) is 6.93. The Balaban J connectivity index is 1.57. The van der Waals surface area contributed by atoms with Crippen molar-refractivity contribution in [1.82, 2.24) is 20.3 Å². The number of esters is 1. The molecule has 1 aliphatic rings. The number of nitrogens with zero attached hydrogens (tertiary/aromatic N) is 4. The summed E-state index contributed by atoms with van der Waals surface area (Å²) in [6, 6.07) is 17.9. The summed E-state index contributed by atoms with van der Waals surface area (Å²) in [7, 11) is 1.28. The largest absolute Gasteiger partial charge is 0.465 e. The van der Waals surface area contributed by atoms with Crippen LogP contribution in [0.3, 0.4) is 0 Å². The Labute approximate surface area is 224 Å². The number of carbonyl (C=O) groups excluding carboxylic acids is 3. The van der Waals surface area contributed by atoms with Crippen molar-refractivity contribution in [2.24, 2.45) is 0 Å². The molecule has 2 amide bonds. The zero-order valence-corrected chi connectivity index (χ0v) is 21.4. The van der Waals surface area contributed by atoms with Gasteiger partial charge in [-0.05, 0) is 66.9 Å². The Morgan fingerprint density at radius 2 is 1.72 bits per heavy atom. The predicted octanol–water partition coefficient (Wildman–Crippen LogP) is 4.19. The maximum absolute atomic E-state index is 14.0. The molecule has 1 N–H and O–H groups in total. The molecule has 0 saturated heterocycles. The van der Waals surface area contributed by atoms with Gasteiger partial charge in [0.2, 0.25) is 11.8 Å². The van der Waals surface area contributed by atoms with Crippen LogP contribution in [0.25, 0.3) is 11.0 Å². The topological polar surface area (TPSA) is 106 Å². The summed E-state index contributed by atoms with van der Waals surface area (Å²) in [5, 5.41) is 11.4. The second-order valence-electron chi connectivity index (χ2n) is 9.48. The van der Waals surface area contributed by atoms with Crippen molar-refractivity contribution in [3.8, 4) is 0 Å². The average molecular weight is 530 g/mol. The molecule has 200 valence electrons. The lowest BCUT2D eigenvalue weighted by molar-refractivity contribution is -0.127. The van der Waals surface area contributed by atoms with Crippen molar-refractivity contribution >= 4 is 34.5 Å². The van der Waals surface area contributed by atoms with Gasteiger partial charge in [-0.25, -0.2) is 13.9 Å². The molecular formula is C29H28FN5O4. The molecule has 1 aromatic heterocycles. The summed E-state index contributed by atoms with van der Waals surface area (Å²) in [5.41, 5.74) is 2.42. The van der Waals surface area contributed by atoms with Crippen molar-refractivity contribution in [3.63, 3.8) is 0 Å². The quantitative estimate of drug-likeness (QED) is 0.343. The molecule has 1 unspecified atom stereocenters. The first-order chi connectivity index (χ1) is 18.9. The second-order valence-corrected chi connectivity index (χ2v) is 9.48. The monoisotopic (exact) mass is 529 g/mol. The molecule has 39 heavy (non-hydrogen) atoms. The van der Waals surface area contributed by atoms with Crippen molar-refractivity contribution in [1.29, 1.82) is 0 Å². The third-order valence-electron chi connectivity index (χ3n) is 6.93. The van der Waals surface area contributed by atoms with E-state index in [4.69, 9.17) is 4.74 Å². The maximum atomic E-state index is 14.0. The number of fused-ring (bicyclic) bond motifs is 1. The first kappa shape index (κ1) is 26.0. The standard InChI is InChI=1S/C29H28FN5O4/c1-39-29(38)20-12-16-23(17-13-20)35(26(36)18-34-25-9-5-4-8-24(25)32-33-34)27(19-10-14-21(30)15-11-19)28(37)31-22-6-2-3-7-22/h4-5,8-17,22,27H,2-3,6-7,18H2,1H3,(H,31,37). The lowest BCUT2D eigenvalue weighted by Crippen LogP contribution is -2.47. The molecule has 0 spiro atoms. The molecule has 9 nitrogen and oxygen atoms in total. The lowest BCUT2D eigenvalue weighted by Gasteiger charge is -2.32. The van der Waals surface area contributed by atoms with Gasteiger partial charge >= 0.3 is 5.97 Å². The summed E-state index contributed by atoms with van der Waals surface area (Å²) in [4.78, 5) is 41.3. The fraction of sp³-hybridized carbons (Fsp3) is 0.276.